The third kappa shape index (κ3) is 2.12. The number of aromatic nitrogens is 1. The Kier molecular flexibility index (Phi) is 2.82. The largest absolute Gasteiger partial charge is 0.375 e. The average Bonchev–Trinajstić information content (AvgIpc) is 3.10. The van der Waals surface area contributed by atoms with Gasteiger partial charge in [-0.05, 0) is 30.9 Å². The molecule has 1 aliphatic rings. The quantitative estimate of drug-likeness (QED) is 0.917. The predicted octanol–water partition coefficient (Wildman–Crippen LogP) is 3.64. The molecule has 0 amide bonds. The van der Waals surface area contributed by atoms with Gasteiger partial charge >= 0.3 is 0 Å². The molecule has 0 aliphatic heterocycles. The van der Waals surface area contributed by atoms with Crippen LogP contribution in [0.2, 0.25) is 0 Å². The highest BCUT2D eigenvalue weighted by Gasteiger charge is 2.29. The van der Waals surface area contributed by atoms with Crippen LogP contribution in [0.5, 0.6) is 0 Å². The highest BCUT2D eigenvalue weighted by molar-refractivity contribution is 7.15. The maximum atomic E-state index is 14.0. The number of halogens is 1. The van der Waals surface area contributed by atoms with Crippen LogP contribution in [0.25, 0.3) is 0 Å². The van der Waals surface area contributed by atoms with Gasteiger partial charge in [-0.1, -0.05) is 18.2 Å². The smallest absolute Gasteiger partial charge is 0.180 e. The average molecular weight is 262 g/mol. The van der Waals surface area contributed by atoms with E-state index in [1.807, 2.05) is 12.1 Å². The number of anilines is 1. The predicted molar refractivity (Wildman–Crippen MR) is 72.4 cm³/mol. The second-order valence-corrected chi connectivity index (χ2v) is 5.97. The molecule has 3 rings (SSSR count). The van der Waals surface area contributed by atoms with Crippen molar-refractivity contribution in [3.8, 4) is 0 Å². The summed E-state index contributed by atoms with van der Waals surface area (Å²) >= 11 is 1.49. The molecular weight excluding hydrogens is 247 g/mol. The molecule has 1 aliphatic carbocycles. The van der Waals surface area contributed by atoms with Crippen LogP contribution >= 0.6 is 11.3 Å². The lowest BCUT2D eigenvalue weighted by Crippen LogP contribution is -1.96. The summed E-state index contributed by atoms with van der Waals surface area (Å²) in [4.78, 5) is 5.52. The highest BCUT2D eigenvalue weighted by atomic mass is 32.1. The summed E-state index contributed by atoms with van der Waals surface area (Å²) in [5.74, 6) is 0.452. The molecule has 2 nitrogen and oxygen atoms in total. The van der Waals surface area contributed by atoms with Gasteiger partial charge in [-0.25, -0.2) is 9.37 Å². The number of nitrogens with two attached hydrogens (primary N) is 1. The molecule has 2 aromatic rings. The summed E-state index contributed by atoms with van der Waals surface area (Å²) in [7, 11) is 0. The molecule has 1 saturated carbocycles. The number of nitrogen functional groups attached to an aromatic ring is 1. The summed E-state index contributed by atoms with van der Waals surface area (Å²) in [5.41, 5.74) is 8.31. The molecule has 1 aromatic heterocycles. The maximum Gasteiger partial charge on any atom is 0.180 e. The Bertz CT molecular complexity index is 587. The van der Waals surface area contributed by atoms with E-state index in [4.69, 9.17) is 5.73 Å². The summed E-state index contributed by atoms with van der Waals surface area (Å²) in [6.45, 7) is 1.79. The number of hydrogen-bond acceptors (Lipinski definition) is 3. The third-order valence-electron chi connectivity index (χ3n) is 3.33. The minimum Gasteiger partial charge on any atom is -0.375 e. The Morgan fingerprint density at radius 3 is 2.94 bits per heavy atom. The zero-order chi connectivity index (χ0) is 12.7. The summed E-state index contributed by atoms with van der Waals surface area (Å²) in [6, 6.07) is 5.53. The lowest BCUT2D eigenvalue weighted by atomic mass is 10.1. The molecule has 18 heavy (non-hydrogen) atoms. The van der Waals surface area contributed by atoms with Gasteiger partial charge in [0.2, 0.25) is 0 Å². The Hall–Kier alpha value is -1.42. The molecule has 0 unspecified atom stereocenters. The SMILES string of the molecule is Cc1cccc(Cc2sc(N)nc2C2CC2)c1F. The first-order valence-electron chi connectivity index (χ1n) is 6.14. The van der Waals surface area contributed by atoms with Crippen LogP contribution in [0.4, 0.5) is 9.52 Å². The van der Waals surface area contributed by atoms with E-state index in [2.05, 4.69) is 4.98 Å². The standard InChI is InChI=1S/C14H15FN2S/c1-8-3-2-4-10(12(8)15)7-11-13(9-5-6-9)17-14(16)18-11/h2-4,9H,5-7H2,1H3,(H2,16,17). The van der Waals surface area contributed by atoms with Gasteiger partial charge < -0.3 is 5.73 Å². The van der Waals surface area contributed by atoms with E-state index in [0.717, 1.165) is 16.1 Å². The van der Waals surface area contributed by atoms with Crippen molar-refractivity contribution in [3.63, 3.8) is 0 Å². The topological polar surface area (TPSA) is 38.9 Å². The van der Waals surface area contributed by atoms with Gasteiger partial charge in [0.25, 0.3) is 0 Å². The number of thiazole rings is 1. The maximum absolute atomic E-state index is 14.0. The molecule has 2 N–H and O–H groups in total. The fourth-order valence-electron chi connectivity index (χ4n) is 2.20. The van der Waals surface area contributed by atoms with Crippen molar-refractivity contribution in [2.24, 2.45) is 0 Å². The van der Waals surface area contributed by atoms with Gasteiger partial charge in [-0.3, -0.25) is 0 Å². The molecule has 0 atom stereocenters. The van der Waals surface area contributed by atoms with E-state index in [-0.39, 0.29) is 5.82 Å². The van der Waals surface area contributed by atoms with Crippen LogP contribution in [0.3, 0.4) is 0 Å². The molecule has 1 aromatic carbocycles. The van der Waals surface area contributed by atoms with Crippen molar-refractivity contribution in [2.75, 3.05) is 5.73 Å². The van der Waals surface area contributed by atoms with Crippen molar-refractivity contribution in [3.05, 3.63) is 45.7 Å². The summed E-state index contributed by atoms with van der Waals surface area (Å²) in [5, 5.41) is 0.597. The summed E-state index contributed by atoms with van der Waals surface area (Å²) in [6.07, 6.45) is 2.98. The van der Waals surface area contributed by atoms with E-state index in [0.29, 0.717) is 23.0 Å². The van der Waals surface area contributed by atoms with Crippen molar-refractivity contribution in [1.82, 2.24) is 4.98 Å². The van der Waals surface area contributed by atoms with Crippen LogP contribution in [0.15, 0.2) is 18.2 Å². The Balaban J connectivity index is 1.94. The number of rotatable bonds is 3. The molecular formula is C14H15FN2S. The Morgan fingerprint density at radius 1 is 1.44 bits per heavy atom. The minimum absolute atomic E-state index is 0.105. The van der Waals surface area contributed by atoms with E-state index < -0.39 is 0 Å². The lowest BCUT2D eigenvalue weighted by molar-refractivity contribution is 0.605. The van der Waals surface area contributed by atoms with Gasteiger partial charge in [0, 0.05) is 17.2 Å². The van der Waals surface area contributed by atoms with Crippen LogP contribution < -0.4 is 5.73 Å². The van der Waals surface area contributed by atoms with Crippen LogP contribution in [-0.4, -0.2) is 4.98 Å². The van der Waals surface area contributed by atoms with Gasteiger partial charge in [0.1, 0.15) is 5.82 Å². The second kappa shape index (κ2) is 4.35. The first-order chi connectivity index (χ1) is 8.65. The molecule has 0 radical (unpaired) electrons. The van der Waals surface area contributed by atoms with E-state index in [1.54, 1.807) is 13.0 Å². The van der Waals surface area contributed by atoms with Gasteiger partial charge in [-0.2, -0.15) is 0 Å². The number of hydrogen-bond donors (Lipinski definition) is 1. The van der Waals surface area contributed by atoms with Gasteiger partial charge in [0.15, 0.2) is 5.13 Å². The van der Waals surface area contributed by atoms with Gasteiger partial charge in [0.05, 0.1) is 5.69 Å². The minimum atomic E-state index is -0.105. The van der Waals surface area contributed by atoms with Crippen molar-refractivity contribution in [2.45, 2.75) is 32.1 Å². The van der Waals surface area contributed by atoms with Crippen LogP contribution in [0.1, 0.15) is 40.5 Å². The normalized spacial score (nSPS) is 15.0. The molecule has 4 heteroatoms. The van der Waals surface area contributed by atoms with Gasteiger partial charge in [-0.15, -0.1) is 11.3 Å². The Labute approximate surface area is 110 Å². The fraction of sp³-hybridized carbons (Fsp3) is 0.357. The molecule has 0 saturated heterocycles. The fourth-order valence-corrected chi connectivity index (χ4v) is 3.14. The third-order valence-corrected chi connectivity index (χ3v) is 4.23. The first kappa shape index (κ1) is 11.7. The van der Waals surface area contributed by atoms with E-state index >= 15 is 0 Å². The molecule has 94 valence electrons. The van der Waals surface area contributed by atoms with E-state index in [1.165, 1.54) is 24.2 Å². The lowest BCUT2D eigenvalue weighted by Gasteiger charge is -2.05. The van der Waals surface area contributed by atoms with Crippen molar-refractivity contribution >= 4 is 16.5 Å². The molecule has 1 fully saturated rings. The van der Waals surface area contributed by atoms with Crippen LogP contribution in [-0.2, 0) is 6.42 Å². The zero-order valence-corrected chi connectivity index (χ0v) is 11.1. The number of aryl methyl sites for hydroxylation is 1. The summed E-state index contributed by atoms with van der Waals surface area (Å²) < 4.78 is 14.0. The van der Waals surface area contributed by atoms with E-state index in [9.17, 15) is 4.39 Å². The monoisotopic (exact) mass is 262 g/mol. The molecule has 1 heterocycles. The molecule has 0 spiro atoms. The molecule has 0 bridgehead atoms. The van der Waals surface area contributed by atoms with Crippen molar-refractivity contribution in [1.29, 1.82) is 0 Å². The second-order valence-electron chi connectivity index (χ2n) is 4.86. The van der Waals surface area contributed by atoms with Crippen molar-refractivity contribution < 1.29 is 4.39 Å². The number of benzene rings is 1. The zero-order valence-electron chi connectivity index (χ0n) is 10.2. The Morgan fingerprint density at radius 2 is 2.22 bits per heavy atom. The number of nitrogens with zero attached hydrogens (tertiary/aromatic N) is 1. The first-order valence-corrected chi connectivity index (χ1v) is 6.96. The van der Waals surface area contributed by atoms with Crippen LogP contribution in [0, 0.1) is 12.7 Å². The highest BCUT2D eigenvalue weighted by Crippen LogP contribution is 2.43.